The van der Waals surface area contributed by atoms with Gasteiger partial charge in [0, 0.05) is 12.8 Å². The summed E-state index contributed by atoms with van der Waals surface area (Å²) >= 11 is 0. The standard InChI is InChI=1S/C12H22O4/c1-5-15-11(13)6-10(4)7-12(14)16-8-9(2)3/h9-10H,5-8H2,1-4H3. The molecule has 0 aliphatic heterocycles. The molecule has 1 atom stereocenters. The summed E-state index contributed by atoms with van der Waals surface area (Å²) in [6, 6.07) is 0. The van der Waals surface area contributed by atoms with Crippen LogP contribution < -0.4 is 0 Å². The van der Waals surface area contributed by atoms with Gasteiger partial charge < -0.3 is 9.47 Å². The first kappa shape index (κ1) is 14.9. The summed E-state index contributed by atoms with van der Waals surface area (Å²) in [5.74, 6) is -0.194. The van der Waals surface area contributed by atoms with E-state index in [9.17, 15) is 9.59 Å². The van der Waals surface area contributed by atoms with Crippen molar-refractivity contribution in [3.8, 4) is 0 Å². The summed E-state index contributed by atoms with van der Waals surface area (Å²) in [5.41, 5.74) is 0. The first-order chi connectivity index (χ1) is 7.45. The van der Waals surface area contributed by atoms with Gasteiger partial charge in [-0.3, -0.25) is 9.59 Å². The Balaban J connectivity index is 3.73. The fourth-order valence-electron chi connectivity index (χ4n) is 1.18. The van der Waals surface area contributed by atoms with Crippen LogP contribution in [0.1, 0.15) is 40.5 Å². The second-order valence-electron chi connectivity index (χ2n) is 4.40. The highest BCUT2D eigenvalue weighted by Crippen LogP contribution is 2.10. The van der Waals surface area contributed by atoms with E-state index >= 15 is 0 Å². The lowest BCUT2D eigenvalue weighted by Gasteiger charge is -2.11. The molecule has 94 valence electrons. The number of esters is 2. The molecule has 1 unspecified atom stereocenters. The monoisotopic (exact) mass is 230 g/mol. The van der Waals surface area contributed by atoms with Crippen molar-refractivity contribution in [1.29, 1.82) is 0 Å². The van der Waals surface area contributed by atoms with Crippen molar-refractivity contribution in [2.45, 2.75) is 40.5 Å². The number of rotatable bonds is 7. The molecule has 0 heterocycles. The average molecular weight is 230 g/mol. The van der Waals surface area contributed by atoms with Gasteiger partial charge in [0.05, 0.1) is 13.2 Å². The summed E-state index contributed by atoms with van der Waals surface area (Å²) in [7, 11) is 0. The van der Waals surface area contributed by atoms with Crippen LogP contribution in [0.3, 0.4) is 0 Å². The van der Waals surface area contributed by atoms with Gasteiger partial charge in [-0.2, -0.15) is 0 Å². The summed E-state index contributed by atoms with van der Waals surface area (Å²) in [6.45, 7) is 8.38. The zero-order valence-corrected chi connectivity index (χ0v) is 10.6. The third-order valence-electron chi connectivity index (χ3n) is 1.91. The van der Waals surface area contributed by atoms with Crippen LogP contribution in [0.2, 0.25) is 0 Å². The maximum atomic E-state index is 11.3. The number of carbonyl (C=O) groups is 2. The van der Waals surface area contributed by atoms with E-state index in [1.807, 2.05) is 20.8 Å². The Hall–Kier alpha value is -1.06. The molecule has 0 amide bonds. The molecule has 0 saturated heterocycles. The topological polar surface area (TPSA) is 52.6 Å². The number of ether oxygens (including phenoxy) is 2. The molecule has 0 aromatic rings. The lowest BCUT2D eigenvalue weighted by Crippen LogP contribution is -2.16. The lowest BCUT2D eigenvalue weighted by atomic mass is 10.0. The Bertz CT molecular complexity index is 223. The van der Waals surface area contributed by atoms with Crippen molar-refractivity contribution in [1.82, 2.24) is 0 Å². The van der Waals surface area contributed by atoms with Crippen LogP contribution >= 0.6 is 0 Å². The summed E-state index contributed by atoms with van der Waals surface area (Å²) in [5, 5.41) is 0. The fraction of sp³-hybridized carbons (Fsp3) is 0.833. The van der Waals surface area contributed by atoms with E-state index in [2.05, 4.69) is 0 Å². The lowest BCUT2D eigenvalue weighted by molar-refractivity contribution is -0.147. The molecule has 0 aromatic heterocycles. The minimum Gasteiger partial charge on any atom is -0.466 e. The number of carbonyl (C=O) groups excluding carboxylic acids is 2. The summed E-state index contributed by atoms with van der Waals surface area (Å²) in [6.07, 6.45) is 0.538. The van der Waals surface area contributed by atoms with Gasteiger partial charge >= 0.3 is 11.9 Å². The van der Waals surface area contributed by atoms with E-state index in [4.69, 9.17) is 9.47 Å². The molecule has 0 aliphatic rings. The molecule has 0 spiro atoms. The van der Waals surface area contributed by atoms with Gasteiger partial charge in [0.15, 0.2) is 0 Å². The predicted octanol–water partition coefficient (Wildman–Crippen LogP) is 2.17. The molecule has 4 nitrogen and oxygen atoms in total. The van der Waals surface area contributed by atoms with E-state index in [0.717, 1.165) is 0 Å². The van der Waals surface area contributed by atoms with Gasteiger partial charge in [-0.25, -0.2) is 0 Å². The van der Waals surface area contributed by atoms with Crippen molar-refractivity contribution < 1.29 is 19.1 Å². The van der Waals surface area contributed by atoms with Gasteiger partial charge in [-0.1, -0.05) is 20.8 Å². The van der Waals surface area contributed by atoms with Gasteiger partial charge in [-0.15, -0.1) is 0 Å². The zero-order chi connectivity index (χ0) is 12.6. The van der Waals surface area contributed by atoms with Crippen molar-refractivity contribution in [3.63, 3.8) is 0 Å². The first-order valence-electron chi connectivity index (χ1n) is 5.76. The normalized spacial score (nSPS) is 12.3. The van der Waals surface area contributed by atoms with Crippen LogP contribution in [0.25, 0.3) is 0 Å². The van der Waals surface area contributed by atoms with Crippen molar-refractivity contribution in [3.05, 3.63) is 0 Å². The molecule has 4 heteroatoms. The highest BCUT2D eigenvalue weighted by molar-refractivity contribution is 5.73. The van der Waals surface area contributed by atoms with E-state index in [-0.39, 0.29) is 30.7 Å². The van der Waals surface area contributed by atoms with Crippen LogP contribution in [-0.2, 0) is 19.1 Å². The summed E-state index contributed by atoms with van der Waals surface area (Å²) < 4.78 is 9.83. The smallest absolute Gasteiger partial charge is 0.306 e. The molecular formula is C12H22O4. The predicted molar refractivity (Wildman–Crippen MR) is 60.8 cm³/mol. The highest BCUT2D eigenvalue weighted by Gasteiger charge is 2.15. The van der Waals surface area contributed by atoms with Crippen LogP contribution in [0, 0.1) is 11.8 Å². The molecule has 0 N–H and O–H groups in total. The molecule has 0 aliphatic carbocycles. The van der Waals surface area contributed by atoms with Crippen LogP contribution in [-0.4, -0.2) is 25.2 Å². The zero-order valence-electron chi connectivity index (χ0n) is 10.6. The quantitative estimate of drug-likeness (QED) is 0.629. The molecular weight excluding hydrogens is 208 g/mol. The Kier molecular flexibility index (Phi) is 7.60. The Morgan fingerprint density at radius 3 is 1.94 bits per heavy atom. The summed E-state index contributed by atoms with van der Waals surface area (Å²) in [4.78, 5) is 22.4. The van der Waals surface area contributed by atoms with Gasteiger partial charge in [0.1, 0.15) is 0 Å². The minimum absolute atomic E-state index is 0.0290. The molecule has 16 heavy (non-hydrogen) atoms. The molecule has 0 fully saturated rings. The van der Waals surface area contributed by atoms with Crippen molar-refractivity contribution in [2.24, 2.45) is 11.8 Å². The Morgan fingerprint density at radius 2 is 1.50 bits per heavy atom. The number of hydrogen-bond donors (Lipinski definition) is 0. The average Bonchev–Trinajstić information content (AvgIpc) is 2.14. The van der Waals surface area contributed by atoms with Gasteiger partial charge in [0.2, 0.25) is 0 Å². The van der Waals surface area contributed by atoms with E-state index in [1.54, 1.807) is 6.92 Å². The Morgan fingerprint density at radius 1 is 1.00 bits per heavy atom. The molecule has 0 aromatic carbocycles. The first-order valence-corrected chi connectivity index (χ1v) is 5.76. The maximum Gasteiger partial charge on any atom is 0.306 e. The molecule has 0 rings (SSSR count). The van der Waals surface area contributed by atoms with E-state index in [0.29, 0.717) is 19.1 Å². The van der Waals surface area contributed by atoms with Crippen molar-refractivity contribution >= 4 is 11.9 Å². The SMILES string of the molecule is CCOC(=O)CC(C)CC(=O)OCC(C)C. The largest absolute Gasteiger partial charge is 0.466 e. The molecule has 0 saturated carbocycles. The number of hydrogen-bond acceptors (Lipinski definition) is 4. The highest BCUT2D eigenvalue weighted by atomic mass is 16.5. The van der Waals surface area contributed by atoms with Crippen LogP contribution in [0.15, 0.2) is 0 Å². The van der Waals surface area contributed by atoms with Gasteiger partial charge in [-0.05, 0) is 18.8 Å². The second kappa shape index (κ2) is 8.13. The minimum atomic E-state index is -0.258. The second-order valence-corrected chi connectivity index (χ2v) is 4.40. The maximum absolute atomic E-state index is 11.3. The molecule has 0 radical (unpaired) electrons. The molecule has 0 bridgehead atoms. The van der Waals surface area contributed by atoms with Gasteiger partial charge in [0.25, 0.3) is 0 Å². The van der Waals surface area contributed by atoms with Crippen LogP contribution in [0.4, 0.5) is 0 Å². The third kappa shape index (κ3) is 8.26. The third-order valence-corrected chi connectivity index (χ3v) is 1.91. The van der Waals surface area contributed by atoms with E-state index in [1.165, 1.54) is 0 Å². The van der Waals surface area contributed by atoms with Crippen LogP contribution in [0.5, 0.6) is 0 Å². The van der Waals surface area contributed by atoms with Crippen molar-refractivity contribution in [2.75, 3.05) is 13.2 Å². The Labute approximate surface area is 97.3 Å². The fourth-order valence-corrected chi connectivity index (χ4v) is 1.18. The van der Waals surface area contributed by atoms with E-state index < -0.39 is 0 Å².